The van der Waals surface area contributed by atoms with Gasteiger partial charge in [0.1, 0.15) is 5.76 Å². The first-order valence-corrected chi connectivity index (χ1v) is 7.30. The average molecular weight is 327 g/mol. The second kappa shape index (κ2) is 7.50. The molecule has 1 amide bonds. The van der Waals surface area contributed by atoms with Crippen LogP contribution in [0.1, 0.15) is 18.2 Å². The predicted molar refractivity (Wildman–Crippen MR) is 83.3 cm³/mol. The number of hydrogen-bond donors (Lipinski definition) is 2. The van der Waals surface area contributed by atoms with Crippen LogP contribution in [-0.4, -0.2) is 11.9 Å². The van der Waals surface area contributed by atoms with Crippen LogP contribution < -0.4 is 10.6 Å². The molecule has 0 fully saturated rings. The Hall–Kier alpha value is -1.49. The summed E-state index contributed by atoms with van der Waals surface area (Å²) >= 11 is 12.0. The third-order valence-corrected chi connectivity index (χ3v) is 3.90. The lowest BCUT2D eigenvalue weighted by molar-refractivity contribution is -0.123. The number of amides is 1. The third kappa shape index (κ3) is 4.49. The predicted octanol–water partition coefficient (Wildman–Crippen LogP) is 3.38. The quantitative estimate of drug-likeness (QED) is 0.855. The zero-order chi connectivity index (χ0) is 15.2. The van der Waals surface area contributed by atoms with Gasteiger partial charge in [0.2, 0.25) is 5.91 Å². The lowest BCUT2D eigenvalue weighted by Crippen LogP contribution is -2.41. The molecular weight excluding hydrogens is 311 g/mol. The van der Waals surface area contributed by atoms with Crippen molar-refractivity contribution in [1.29, 1.82) is 0 Å². The van der Waals surface area contributed by atoms with Crippen LogP contribution in [0.15, 0.2) is 41.0 Å². The lowest BCUT2D eigenvalue weighted by atomic mass is 10.2. The van der Waals surface area contributed by atoms with E-state index in [-0.39, 0.29) is 11.9 Å². The summed E-state index contributed by atoms with van der Waals surface area (Å²) in [6, 6.07) is 8.66. The Kier molecular flexibility index (Phi) is 5.67. The largest absolute Gasteiger partial charge is 0.467 e. The van der Waals surface area contributed by atoms with E-state index < -0.39 is 0 Å². The van der Waals surface area contributed by atoms with Gasteiger partial charge >= 0.3 is 0 Å². The first-order chi connectivity index (χ1) is 10.1. The molecule has 0 saturated heterocycles. The number of rotatable bonds is 6. The van der Waals surface area contributed by atoms with Crippen LogP contribution in [0.25, 0.3) is 0 Å². The zero-order valence-electron chi connectivity index (χ0n) is 11.5. The molecule has 112 valence electrons. The Morgan fingerprint density at radius 3 is 2.76 bits per heavy atom. The molecule has 2 aromatic rings. The molecule has 6 heteroatoms. The van der Waals surface area contributed by atoms with Gasteiger partial charge in [-0.25, -0.2) is 0 Å². The maximum Gasteiger partial charge on any atom is 0.237 e. The van der Waals surface area contributed by atoms with E-state index in [0.29, 0.717) is 28.9 Å². The molecule has 4 nitrogen and oxygen atoms in total. The summed E-state index contributed by atoms with van der Waals surface area (Å²) in [5, 5.41) is 6.92. The summed E-state index contributed by atoms with van der Waals surface area (Å²) in [7, 11) is 0. The van der Waals surface area contributed by atoms with E-state index >= 15 is 0 Å². The van der Waals surface area contributed by atoms with Crippen LogP contribution >= 0.6 is 23.2 Å². The van der Waals surface area contributed by atoms with Gasteiger partial charge in [-0.3, -0.25) is 4.79 Å². The van der Waals surface area contributed by atoms with E-state index in [1.54, 1.807) is 25.3 Å². The number of nitrogens with one attached hydrogen (secondary N) is 2. The van der Waals surface area contributed by atoms with Gasteiger partial charge in [0.25, 0.3) is 0 Å². The summed E-state index contributed by atoms with van der Waals surface area (Å²) in [4.78, 5) is 11.9. The minimum absolute atomic E-state index is 0.107. The van der Waals surface area contributed by atoms with Crippen molar-refractivity contribution in [2.75, 3.05) is 0 Å². The van der Waals surface area contributed by atoms with Crippen LogP contribution in [0.2, 0.25) is 10.0 Å². The highest BCUT2D eigenvalue weighted by Crippen LogP contribution is 2.25. The molecule has 21 heavy (non-hydrogen) atoms. The van der Waals surface area contributed by atoms with Gasteiger partial charge in [-0.15, -0.1) is 0 Å². The van der Waals surface area contributed by atoms with Crippen molar-refractivity contribution in [3.63, 3.8) is 0 Å². The van der Waals surface area contributed by atoms with Gasteiger partial charge < -0.3 is 15.1 Å². The highest BCUT2D eigenvalue weighted by molar-refractivity contribution is 6.42. The SMILES string of the molecule is CC(NCc1cccc(Cl)c1Cl)C(=O)NCc1ccco1. The van der Waals surface area contributed by atoms with E-state index in [0.717, 1.165) is 5.56 Å². The number of furan rings is 1. The topological polar surface area (TPSA) is 54.3 Å². The maximum atomic E-state index is 11.9. The van der Waals surface area contributed by atoms with Crippen LogP contribution in [-0.2, 0) is 17.9 Å². The van der Waals surface area contributed by atoms with Crippen molar-refractivity contribution in [2.45, 2.75) is 26.1 Å². The summed E-state index contributed by atoms with van der Waals surface area (Å²) in [6.07, 6.45) is 1.57. The molecule has 2 N–H and O–H groups in total. The Morgan fingerprint density at radius 1 is 1.24 bits per heavy atom. The molecule has 2 rings (SSSR count). The maximum absolute atomic E-state index is 11.9. The highest BCUT2D eigenvalue weighted by atomic mass is 35.5. The zero-order valence-corrected chi connectivity index (χ0v) is 13.0. The first-order valence-electron chi connectivity index (χ1n) is 6.54. The van der Waals surface area contributed by atoms with Gasteiger partial charge in [-0.05, 0) is 30.7 Å². The monoisotopic (exact) mass is 326 g/mol. The van der Waals surface area contributed by atoms with Gasteiger partial charge in [0.05, 0.1) is 28.9 Å². The minimum Gasteiger partial charge on any atom is -0.467 e. The van der Waals surface area contributed by atoms with Crippen molar-refractivity contribution in [3.05, 3.63) is 58.0 Å². The van der Waals surface area contributed by atoms with Gasteiger partial charge in [-0.2, -0.15) is 0 Å². The van der Waals surface area contributed by atoms with Gasteiger partial charge in [0.15, 0.2) is 0 Å². The van der Waals surface area contributed by atoms with Crippen molar-refractivity contribution >= 4 is 29.1 Å². The Morgan fingerprint density at radius 2 is 2.05 bits per heavy atom. The fourth-order valence-corrected chi connectivity index (χ4v) is 2.17. The molecule has 0 saturated carbocycles. The summed E-state index contributed by atoms with van der Waals surface area (Å²) < 4.78 is 5.15. The molecule has 0 aliphatic carbocycles. The van der Waals surface area contributed by atoms with E-state index in [4.69, 9.17) is 27.6 Å². The molecular formula is C15H16Cl2N2O2. The van der Waals surface area contributed by atoms with Crippen molar-refractivity contribution in [1.82, 2.24) is 10.6 Å². The molecule has 1 aromatic carbocycles. The second-order valence-electron chi connectivity index (χ2n) is 4.61. The van der Waals surface area contributed by atoms with Crippen LogP contribution in [0, 0.1) is 0 Å². The number of halogens is 2. The molecule has 0 bridgehead atoms. The molecule has 0 spiro atoms. The number of hydrogen-bond acceptors (Lipinski definition) is 3. The highest BCUT2D eigenvalue weighted by Gasteiger charge is 2.13. The standard InChI is InChI=1S/C15H16Cl2N2O2/c1-10(15(20)19-9-12-5-3-7-21-12)18-8-11-4-2-6-13(16)14(11)17/h2-7,10,18H,8-9H2,1H3,(H,19,20). The fraction of sp³-hybridized carbons (Fsp3) is 0.267. The van der Waals surface area contributed by atoms with Crippen molar-refractivity contribution in [2.24, 2.45) is 0 Å². The normalized spacial score (nSPS) is 12.1. The minimum atomic E-state index is -0.352. The van der Waals surface area contributed by atoms with E-state index in [1.165, 1.54) is 0 Å². The molecule has 1 atom stereocenters. The van der Waals surface area contributed by atoms with E-state index in [1.807, 2.05) is 18.2 Å². The molecule has 1 aromatic heterocycles. The Balaban J connectivity index is 1.82. The lowest BCUT2D eigenvalue weighted by Gasteiger charge is -2.14. The van der Waals surface area contributed by atoms with E-state index in [9.17, 15) is 4.79 Å². The summed E-state index contributed by atoms with van der Waals surface area (Å²) in [5.74, 6) is 0.609. The van der Waals surface area contributed by atoms with Crippen LogP contribution in [0.4, 0.5) is 0 Å². The van der Waals surface area contributed by atoms with Crippen LogP contribution in [0.3, 0.4) is 0 Å². The van der Waals surface area contributed by atoms with Gasteiger partial charge in [0, 0.05) is 6.54 Å². The number of carbonyl (C=O) groups excluding carboxylic acids is 1. The fourth-order valence-electron chi connectivity index (χ4n) is 1.78. The molecule has 0 aliphatic rings. The third-order valence-electron chi connectivity index (χ3n) is 3.04. The average Bonchev–Trinajstić information content (AvgIpc) is 2.99. The molecule has 0 aliphatic heterocycles. The molecule has 1 unspecified atom stereocenters. The van der Waals surface area contributed by atoms with Gasteiger partial charge in [-0.1, -0.05) is 35.3 Å². The first kappa shape index (κ1) is 15.9. The van der Waals surface area contributed by atoms with Crippen LogP contribution in [0.5, 0.6) is 0 Å². The van der Waals surface area contributed by atoms with Crippen molar-refractivity contribution < 1.29 is 9.21 Å². The molecule has 0 radical (unpaired) electrons. The smallest absolute Gasteiger partial charge is 0.237 e. The summed E-state index contributed by atoms with van der Waals surface area (Å²) in [5.41, 5.74) is 0.856. The Labute approximate surface area is 133 Å². The van der Waals surface area contributed by atoms with E-state index in [2.05, 4.69) is 10.6 Å². The summed E-state index contributed by atoms with van der Waals surface area (Å²) in [6.45, 7) is 2.63. The van der Waals surface area contributed by atoms with Crippen molar-refractivity contribution in [3.8, 4) is 0 Å². The number of carbonyl (C=O) groups is 1. The Bertz CT molecular complexity index is 600. The second-order valence-corrected chi connectivity index (χ2v) is 5.40. The number of benzene rings is 1. The molecule has 1 heterocycles.